The molecule has 2 atom stereocenters. The average molecular weight is 466 g/mol. The summed E-state index contributed by atoms with van der Waals surface area (Å²) in [6.07, 6.45) is 4.38. The number of amides is 1. The Kier molecular flexibility index (Phi) is 7.99. The quantitative estimate of drug-likeness (QED) is 0.404. The molecule has 3 N–H and O–H groups in total. The fourth-order valence-corrected chi connectivity index (χ4v) is 5.48. The third-order valence-electron chi connectivity index (χ3n) is 4.99. The smallest absolute Gasteiger partial charge is 0.238 e. The number of para-hydroxylation sites is 1. The van der Waals surface area contributed by atoms with Crippen LogP contribution in [0.25, 0.3) is 10.9 Å². The molecule has 1 amide bonds. The maximum Gasteiger partial charge on any atom is 0.238 e. The summed E-state index contributed by atoms with van der Waals surface area (Å²) in [7, 11) is -3.47. The van der Waals surface area contributed by atoms with Crippen LogP contribution in [0.3, 0.4) is 0 Å². The fourth-order valence-electron chi connectivity index (χ4n) is 3.34. The molecule has 3 aromatic rings. The van der Waals surface area contributed by atoms with E-state index >= 15 is 0 Å². The van der Waals surface area contributed by atoms with E-state index in [1.807, 2.05) is 42.1 Å². The first-order valence-corrected chi connectivity index (χ1v) is 13.7. The van der Waals surface area contributed by atoms with Gasteiger partial charge in [-0.1, -0.05) is 24.3 Å². The number of aromatic amines is 1. The van der Waals surface area contributed by atoms with Gasteiger partial charge in [0.15, 0.2) is 0 Å². The van der Waals surface area contributed by atoms with Crippen LogP contribution in [-0.4, -0.2) is 49.7 Å². The molecule has 9 heteroatoms. The molecule has 30 heavy (non-hydrogen) atoms. The second-order valence-electron chi connectivity index (χ2n) is 6.96. The zero-order valence-corrected chi connectivity index (χ0v) is 19.5. The van der Waals surface area contributed by atoms with Gasteiger partial charge in [0, 0.05) is 34.4 Å². The van der Waals surface area contributed by atoms with Crippen LogP contribution >= 0.6 is 23.1 Å². The Bertz CT molecular complexity index is 1060. The van der Waals surface area contributed by atoms with Crippen molar-refractivity contribution in [3.63, 3.8) is 0 Å². The van der Waals surface area contributed by atoms with Crippen molar-refractivity contribution in [1.29, 1.82) is 0 Å². The fraction of sp³-hybridized carbons (Fsp3) is 0.381. The number of hydrogen-bond acceptors (Lipinski definition) is 5. The summed E-state index contributed by atoms with van der Waals surface area (Å²) in [4.78, 5) is 17.4. The van der Waals surface area contributed by atoms with Crippen molar-refractivity contribution in [3.05, 3.63) is 58.4 Å². The molecule has 2 aromatic heterocycles. The molecule has 0 aliphatic rings. The number of aromatic nitrogens is 1. The van der Waals surface area contributed by atoms with Crippen LogP contribution in [0.4, 0.5) is 0 Å². The Balaban J connectivity index is 1.80. The van der Waals surface area contributed by atoms with Crippen molar-refractivity contribution in [1.82, 2.24) is 15.0 Å². The van der Waals surface area contributed by atoms with Crippen LogP contribution in [-0.2, 0) is 14.8 Å². The first-order chi connectivity index (χ1) is 14.4. The van der Waals surface area contributed by atoms with Gasteiger partial charge in [0.05, 0.1) is 5.75 Å². The van der Waals surface area contributed by atoms with E-state index in [4.69, 9.17) is 0 Å². The summed E-state index contributed by atoms with van der Waals surface area (Å²) >= 11 is 3.23. The van der Waals surface area contributed by atoms with Crippen LogP contribution < -0.4 is 10.0 Å². The number of H-pyrrole nitrogens is 1. The van der Waals surface area contributed by atoms with Crippen LogP contribution in [0, 0.1) is 0 Å². The van der Waals surface area contributed by atoms with Crippen LogP contribution in [0.1, 0.15) is 29.7 Å². The summed E-state index contributed by atoms with van der Waals surface area (Å²) in [6.45, 7) is 1.96. The number of fused-ring (bicyclic) bond motifs is 1. The summed E-state index contributed by atoms with van der Waals surface area (Å²) in [5.74, 6) is 0.334. The van der Waals surface area contributed by atoms with Crippen molar-refractivity contribution in [2.45, 2.75) is 25.3 Å². The van der Waals surface area contributed by atoms with Crippen molar-refractivity contribution < 1.29 is 13.2 Å². The molecule has 3 rings (SSSR count). The second kappa shape index (κ2) is 10.5. The summed E-state index contributed by atoms with van der Waals surface area (Å²) in [5.41, 5.74) is 2.16. The van der Waals surface area contributed by atoms with Gasteiger partial charge in [0.25, 0.3) is 0 Å². The van der Waals surface area contributed by atoms with E-state index in [0.717, 1.165) is 21.3 Å². The van der Waals surface area contributed by atoms with E-state index in [-0.39, 0.29) is 17.6 Å². The number of thioether (sulfide) groups is 1. The van der Waals surface area contributed by atoms with Gasteiger partial charge in [-0.3, -0.25) is 4.79 Å². The molecule has 0 bridgehead atoms. The predicted molar refractivity (Wildman–Crippen MR) is 127 cm³/mol. The Morgan fingerprint density at radius 2 is 2.03 bits per heavy atom. The lowest BCUT2D eigenvalue weighted by molar-refractivity contribution is -0.122. The molecule has 0 saturated carbocycles. The Morgan fingerprint density at radius 3 is 2.73 bits per heavy atom. The van der Waals surface area contributed by atoms with Crippen molar-refractivity contribution in [3.8, 4) is 0 Å². The SMILES string of the molecule is CCS(=O)(=O)NC(CCSC)C(=O)NCC(c1cccs1)c1c[nH]c2ccccc12. The normalized spacial score (nSPS) is 13.9. The maximum atomic E-state index is 12.9. The zero-order valence-electron chi connectivity index (χ0n) is 17.1. The Hall–Kier alpha value is -1.81. The van der Waals surface area contributed by atoms with Gasteiger partial charge in [-0.05, 0) is 48.4 Å². The highest BCUT2D eigenvalue weighted by Gasteiger charge is 2.25. The molecule has 0 spiro atoms. The highest BCUT2D eigenvalue weighted by molar-refractivity contribution is 7.98. The second-order valence-corrected chi connectivity index (χ2v) is 11.0. The molecule has 6 nitrogen and oxygen atoms in total. The molecule has 2 heterocycles. The highest BCUT2D eigenvalue weighted by Crippen LogP contribution is 2.32. The zero-order chi connectivity index (χ0) is 21.6. The minimum absolute atomic E-state index is 0.0194. The van der Waals surface area contributed by atoms with E-state index in [0.29, 0.717) is 18.7 Å². The van der Waals surface area contributed by atoms with Crippen LogP contribution in [0.5, 0.6) is 0 Å². The van der Waals surface area contributed by atoms with Gasteiger partial charge in [-0.2, -0.15) is 11.8 Å². The number of carbonyl (C=O) groups is 1. The van der Waals surface area contributed by atoms with Gasteiger partial charge in [-0.25, -0.2) is 13.1 Å². The first-order valence-electron chi connectivity index (χ1n) is 9.81. The number of sulfonamides is 1. The number of nitrogens with one attached hydrogen (secondary N) is 3. The van der Waals surface area contributed by atoms with E-state index < -0.39 is 16.1 Å². The first kappa shape index (κ1) is 22.9. The Labute approximate surface area is 185 Å². The highest BCUT2D eigenvalue weighted by atomic mass is 32.2. The van der Waals surface area contributed by atoms with E-state index in [1.54, 1.807) is 30.0 Å². The number of rotatable bonds is 11. The van der Waals surface area contributed by atoms with Gasteiger partial charge in [0.1, 0.15) is 6.04 Å². The third-order valence-corrected chi connectivity index (χ3v) is 8.03. The topological polar surface area (TPSA) is 91.1 Å². The Morgan fingerprint density at radius 1 is 1.23 bits per heavy atom. The van der Waals surface area contributed by atoms with Crippen LogP contribution in [0.15, 0.2) is 48.0 Å². The molecule has 0 aliphatic heterocycles. The molecule has 162 valence electrons. The van der Waals surface area contributed by atoms with Gasteiger partial charge in [0.2, 0.25) is 15.9 Å². The molecule has 1 aromatic carbocycles. The van der Waals surface area contributed by atoms with E-state index in [9.17, 15) is 13.2 Å². The van der Waals surface area contributed by atoms with E-state index in [2.05, 4.69) is 27.2 Å². The standard InChI is InChI=1S/C21H27N3O3S3/c1-3-30(26,27)24-19(10-12-28-2)21(25)23-14-17(20-9-6-11-29-20)16-13-22-18-8-5-4-7-15(16)18/h4-9,11,13,17,19,22,24H,3,10,12,14H2,1-2H3,(H,23,25). The minimum Gasteiger partial charge on any atom is -0.361 e. The maximum absolute atomic E-state index is 12.9. The molecule has 0 saturated heterocycles. The number of carbonyl (C=O) groups excluding carboxylic acids is 1. The largest absolute Gasteiger partial charge is 0.361 e. The minimum atomic E-state index is -3.47. The number of hydrogen-bond donors (Lipinski definition) is 3. The molecule has 0 aliphatic carbocycles. The van der Waals surface area contributed by atoms with E-state index in [1.165, 1.54) is 0 Å². The van der Waals surface area contributed by atoms with Gasteiger partial charge >= 0.3 is 0 Å². The van der Waals surface area contributed by atoms with Crippen molar-refractivity contribution in [2.75, 3.05) is 24.3 Å². The lowest BCUT2D eigenvalue weighted by Crippen LogP contribution is -2.48. The number of thiophene rings is 1. The lowest BCUT2D eigenvalue weighted by atomic mass is 9.96. The average Bonchev–Trinajstić information content (AvgIpc) is 3.42. The molecular formula is C21H27N3O3S3. The summed E-state index contributed by atoms with van der Waals surface area (Å²) in [6, 6.07) is 11.4. The van der Waals surface area contributed by atoms with Crippen molar-refractivity contribution >= 4 is 49.9 Å². The molecular weight excluding hydrogens is 438 g/mol. The van der Waals surface area contributed by atoms with Crippen molar-refractivity contribution in [2.24, 2.45) is 0 Å². The predicted octanol–water partition coefficient (Wildman–Crippen LogP) is 3.54. The molecule has 0 radical (unpaired) electrons. The molecule has 0 fully saturated rings. The van der Waals surface area contributed by atoms with Gasteiger partial charge in [-0.15, -0.1) is 11.3 Å². The monoisotopic (exact) mass is 465 g/mol. The lowest BCUT2D eigenvalue weighted by Gasteiger charge is -2.21. The van der Waals surface area contributed by atoms with Gasteiger partial charge < -0.3 is 10.3 Å². The number of benzene rings is 1. The molecule has 2 unspecified atom stereocenters. The summed E-state index contributed by atoms with van der Waals surface area (Å²) < 4.78 is 26.6. The third kappa shape index (κ3) is 5.66. The summed E-state index contributed by atoms with van der Waals surface area (Å²) in [5, 5.41) is 6.14. The van der Waals surface area contributed by atoms with Crippen LogP contribution in [0.2, 0.25) is 0 Å².